The highest BCUT2D eigenvalue weighted by Gasteiger charge is 2.16. The molecule has 0 bridgehead atoms. The number of pyridine rings is 1. The number of benzene rings is 1. The number of hydrogen-bond donors (Lipinski definition) is 1. The second-order valence-electron chi connectivity index (χ2n) is 7.05. The van der Waals surface area contributed by atoms with Crippen LogP contribution in [0, 0.1) is 5.92 Å². The van der Waals surface area contributed by atoms with Gasteiger partial charge in [-0.1, -0.05) is 6.92 Å². The van der Waals surface area contributed by atoms with Crippen LogP contribution in [0.2, 0.25) is 0 Å². The molecule has 0 radical (unpaired) electrons. The average molecular weight is 361 g/mol. The molecule has 0 aliphatic carbocycles. The minimum absolute atomic E-state index is 0.167. The lowest BCUT2D eigenvalue weighted by atomic mass is 9.99. The molecule has 3 heterocycles. The number of nitrogens with zero attached hydrogens (tertiary/aromatic N) is 4. The number of rotatable bonds is 4. The lowest BCUT2D eigenvalue weighted by molar-refractivity contribution is 0.102. The van der Waals surface area contributed by atoms with E-state index in [4.69, 9.17) is 0 Å². The maximum atomic E-state index is 12.5. The van der Waals surface area contributed by atoms with Crippen molar-refractivity contribution in [1.29, 1.82) is 0 Å². The fourth-order valence-corrected chi connectivity index (χ4v) is 3.29. The Morgan fingerprint density at radius 3 is 2.52 bits per heavy atom. The lowest BCUT2D eigenvalue weighted by Gasteiger charge is -2.32. The summed E-state index contributed by atoms with van der Waals surface area (Å²) in [6, 6.07) is 11.6. The molecule has 1 aliphatic heterocycles. The van der Waals surface area contributed by atoms with Gasteiger partial charge in [0.2, 0.25) is 0 Å². The fraction of sp³-hybridized carbons (Fsp3) is 0.286. The number of piperidine rings is 1. The summed E-state index contributed by atoms with van der Waals surface area (Å²) in [5.41, 5.74) is 2.52. The smallest absolute Gasteiger partial charge is 0.257 e. The normalized spacial score (nSPS) is 14.9. The molecule has 2 aromatic heterocycles. The standard InChI is InChI=1S/C21H23N5O/c1-16-8-11-25(12-9-16)19-5-3-18(4-6-19)24-21(27)17-2-7-20(23-14-17)26-13-10-22-15-26/h2-7,10,13-16H,8-9,11-12H2,1H3,(H,24,27). The Balaban J connectivity index is 1.39. The van der Waals surface area contributed by atoms with Gasteiger partial charge < -0.3 is 10.2 Å². The summed E-state index contributed by atoms with van der Waals surface area (Å²) in [4.78, 5) is 23.2. The first-order valence-corrected chi connectivity index (χ1v) is 9.30. The van der Waals surface area contributed by atoms with Crippen LogP contribution >= 0.6 is 0 Å². The zero-order chi connectivity index (χ0) is 18.6. The summed E-state index contributed by atoms with van der Waals surface area (Å²) < 4.78 is 1.79. The number of amides is 1. The molecule has 6 nitrogen and oxygen atoms in total. The van der Waals surface area contributed by atoms with Crippen molar-refractivity contribution in [3.63, 3.8) is 0 Å². The number of anilines is 2. The number of carbonyl (C=O) groups excluding carboxylic acids is 1. The van der Waals surface area contributed by atoms with E-state index in [-0.39, 0.29) is 5.91 Å². The van der Waals surface area contributed by atoms with Gasteiger partial charge in [-0.3, -0.25) is 9.36 Å². The zero-order valence-electron chi connectivity index (χ0n) is 15.4. The van der Waals surface area contributed by atoms with E-state index in [9.17, 15) is 4.79 Å². The van der Waals surface area contributed by atoms with Gasteiger partial charge in [0, 0.05) is 43.1 Å². The van der Waals surface area contributed by atoms with Crippen LogP contribution < -0.4 is 10.2 Å². The Labute approximate surface area is 158 Å². The Morgan fingerprint density at radius 1 is 1.11 bits per heavy atom. The number of imidazole rings is 1. The second-order valence-corrected chi connectivity index (χ2v) is 7.05. The van der Waals surface area contributed by atoms with Gasteiger partial charge in [-0.2, -0.15) is 0 Å². The number of nitrogens with one attached hydrogen (secondary N) is 1. The third-order valence-corrected chi connectivity index (χ3v) is 5.05. The van der Waals surface area contributed by atoms with E-state index < -0.39 is 0 Å². The Morgan fingerprint density at radius 2 is 1.89 bits per heavy atom. The van der Waals surface area contributed by atoms with Crippen molar-refractivity contribution in [1.82, 2.24) is 14.5 Å². The van der Waals surface area contributed by atoms with E-state index >= 15 is 0 Å². The van der Waals surface area contributed by atoms with Crippen molar-refractivity contribution in [2.45, 2.75) is 19.8 Å². The first kappa shape index (κ1) is 17.3. The van der Waals surface area contributed by atoms with Crippen molar-refractivity contribution in [2.75, 3.05) is 23.3 Å². The maximum Gasteiger partial charge on any atom is 0.257 e. The molecule has 1 N–H and O–H groups in total. The molecular formula is C21H23N5O. The zero-order valence-corrected chi connectivity index (χ0v) is 15.4. The van der Waals surface area contributed by atoms with Crippen LogP contribution in [-0.4, -0.2) is 33.5 Å². The average Bonchev–Trinajstić information content (AvgIpc) is 3.24. The highest BCUT2D eigenvalue weighted by Crippen LogP contribution is 2.24. The predicted octanol–water partition coefficient (Wildman–Crippen LogP) is 3.76. The van der Waals surface area contributed by atoms with Gasteiger partial charge in [0.15, 0.2) is 0 Å². The molecule has 6 heteroatoms. The maximum absolute atomic E-state index is 12.5. The van der Waals surface area contributed by atoms with E-state index in [0.717, 1.165) is 30.5 Å². The van der Waals surface area contributed by atoms with Gasteiger partial charge in [-0.25, -0.2) is 9.97 Å². The summed E-state index contributed by atoms with van der Waals surface area (Å²) >= 11 is 0. The van der Waals surface area contributed by atoms with Crippen molar-refractivity contribution in [3.05, 3.63) is 66.9 Å². The molecule has 0 spiro atoms. The predicted molar refractivity (Wildman–Crippen MR) is 106 cm³/mol. The van der Waals surface area contributed by atoms with Crippen molar-refractivity contribution >= 4 is 17.3 Å². The van der Waals surface area contributed by atoms with Crippen LogP contribution in [0.1, 0.15) is 30.1 Å². The monoisotopic (exact) mass is 361 g/mol. The largest absolute Gasteiger partial charge is 0.372 e. The van der Waals surface area contributed by atoms with E-state index in [0.29, 0.717) is 5.56 Å². The first-order chi connectivity index (χ1) is 13.2. The molecule has 1 aromatic carbocycles. The van der Waals surface area contributed by atoms with Gasteiger partial charge in [-0.15, -0.1) is 0 Å². The Hall–Kier alpha value is -3.15. The van der Waals surface area contributed by atoms with E-state index in [2.05, 4.69) is 39.2 Å². The third kappa shape index (κ3) is 4.00. The quantitative estimate of drug-likeness (QED) is 0.769. The fourth-order valence-electron chi connectivity index (χ4n) is 3.29. The van der Waals surface area contributed by atoms with E-state index in [1.165, 1.54) is 18.5 Å². The van der Waals surface area contributed by atoms with Gasteiger partial charge in [0.05, 0.1) is 5.56 Å². The lowest BCUT2D eigenvalue weighted by Crippen LogP contribution is -2.32. The highest BCUT2D eigenvalue weighted by molar-refractivity contribution is 6.04. The van der Waals surface area contributed by atoms with Crippen molar-refractivity contribution < 1.29 is 4.79 Å². The van der Waals surface area contributed by atoms with E-state index in [1.807, 2.05) is 18.3 Å². The molecule has 0 atom stereocenters. The molecule has 1 fully saturated rings. The Kier molecular flexibility index (Phi) is 4.87. The van der Waals surface area contributed by atoms with Gasteiger partial charge in [-0.05, 0) is 55.2 Å². The first-order valence-electron chi connectivity index (χ1n) is 9.30. The molecule has 138 valence electrons. The summed E-state index contributed by atoms with van der Waals surface area (Å²) in [7, 11) is 0. The highest BCUT2D eigenvalue weighted by atomic mass is 16.1. The molecule has 3 aromatic rings. The Bertz CT molecular complexity index is 879. The van der Waals surface area contributed by atoms with Crippen molar-refractivity contribution in [2.24, 2.45) is 5.92 Å². The number of hydrogen-bond acceptors (Lipinski definition) is 4. The molecule has 27 heavy (non-hydrogen) atoms. The van der Waals surface area contributed by atoms with Crippen LogP contribution in [0.25, 0.3) is 5.82 Å². The summed E-state index contributed by atoms with van der Waals surface area (Å²) in [5.74, 6) is 1.37. The van der Waals surface area contributed by atoms with Gasteiger partial charge >= 0.3 is 0 Å². The van der Waals surface area contributed by atoms with Crippen LogP contribution in [0.4, 0.5) is 11.4 Å². The molecular weight excluding hydrogens is 338 g/mol. The molecule has 1 saturated heterocycles. The number of aromatic nitrogens is 3. The van der Waals surface area contributed by atoms with Gasteiger partial charge in [0.25, 0.3) is 5.91 Å². The molecule has 1 aliphatic rings. The SMILES string of the molecule is CC1CCN(c2ccc(NC(=O)c3ccc(-n4ccnc4)nc3)cc2)CC1. The van der Waals surface area contributed by atoms with Crippen molar-refractivity contribution in [3.8, 4) is 5.82 Å². The van der Waals surface area contributed by atoms with Crippen LogP contribution in [0.3, 0.4) is 0 Å². The minimum atomic E-state index is -0.167. The summed E-state index contributed by atoms with van der Waals surface area (Å²) in [6.45, 7) is 4.51. The summed E-state index contributed by atoms with van der Waals surface area (Å²) in [5, 5.41) is 2.93. The number of carbonyl (C=O) groups is 1. The van der Waals surface area contributed by atoms with Crippen LogP contribution in [0.15, 0.2) is 61.3 Å². The summed E-state index contributed by atoms with van der Waals surface area (Å²) in [6.07, 6.45) is 9.23. The minimum Gasteiger partial charge on any atom is -0.372 e. The van der Waals surface area contributed by atoms with E-state index in [1.54, 1.807) is 35.4 Å². The second kappa shape index (κ2) is 7.61. The van der Waals surface area contributed by atoms with Gasteiger partial charge in [0.1, 0.15) is 12.1 Å². The third-order valence-electron chi connectivity index (χ3n) is 5.05. The topological polar surface area (TPSA) is 63.1 Å². The molecule has 4 rings (SSSR count). The van der Waals surface area contributed by atoms with Crippen LogP contribution in [0.5, 0.6) is 0 Å². The van der Waals surface area contributed by atoms with Crippen LogP contribution in [-0.2, 0) is 0 Å². The molecule has 0 unspecified atom stereocenters. The molecule has 1 amide bonds. The molecule has 0 saturated carbocycles.